The van der Waals surface area contributed by atoms with Gasteiger partial charge in [0.25, 0.3) is 0 Å². The minimum atomic E-state index is -1.53. The van der Waals surface area contributed by atoms with Gasteiger partial charge in [-0.2, -0.15) is 0 Å². The van der Waals surface area contributed by atoms with Gasteiger partial charge in [0.15, 0.2) is 6.29 Å². The van der Waals surface area contributed by atoms with Crippen molar-refractivity contribution < 1.29 is 44.2 Å². The number of hydrogen-bond donors (Lipinski definition) is 4. The molecule has 0 saturated carbocycles. The van der Waals surface area contributed by atoms with Crippen LogP contribution in [0.5, 0.6) is 0 Å². The van der Waals surface area contributed by atoms with Crippen molar-refractivity contribution in [3.63, 3.8) is 0 Å². The maximum atomic E-state index is 12.5. The van der Waals surface area contributed by atoms with Gasteiger partial charge in [-0.05, 0) is 32.1 Å². The molecule has 1 heterocycles. The number of carbonyl (C=O) groups excluding carboxylic acids is 1. The van der Waals surface area contributed by atoms with E-state index in [0.29, 0.717) is 13.0 Å². The smallest absolute Gasteiger partial charge is 0.306 e. The molecule has 1 aliphatic rings. The first kappa shape index (κ1) is 39.0. The molecule has 9 nitrogen and oxygen atoms in total. The maximum absolute atomic E-state index is 12.5. The summed E-state index contributed by atoms with van der Waals surface area (Å²) in [6.45, 7) is 4.43. The van der Waals surface area contributed by atoms with Crippen LogP contribution in [0.3, 0.4) is 0 Å². The Kier molecular flexibility index (Phi) is 24.4. The van der Waals surface area contributed by atoms with E-state index >= 15 is 0 Å². The van der Waals surface area contributed by atoms with Crippen LogP contribution in [-0.4, -0.2) is 89.6 Å². The van der Waals surface area contributed by atoms with Crippen LogP contribution in [0.25, 0.3) is 0 Å². The van der Waals surface area contributed by atoms with Crippen molar-refractivity contribution >= 4 is 5.97 Å². The molecule has 0 aromatic heterocycles. The minimum absolute atomic E-state index is 0.113. The fourth-order valence-corrected chi connectivity index (χ4v) is 4.96. The van der Waals surface area contributed by atoms with E-state index in [4.69, 9.17) is 18.9 Å². The summed E-state index contributed by atoms with van der Waals surface area (Å²) in [5, 5.41) is 39.7. The Morgan fingerprint density at radius 2 is 1.36 bits per heavy atom. The summed E-state index contributed by atoms with van der Waals surface area (Å²) in [6, 6.07) is 0. The summed E-state index contributed by atoms with van der Waals surface area (Å²) in [6.07, 6.45) is 16.8. The monoisotopic (exact) mass is 602 g/mol. The van der Waals surface area contributed by atoms with Gasteiger partial charge in [-0.15, -0.1) is 0 Å². The van der Waals surface area contributed by atoms with Crippen molar-refractivity contribution in [3.05, 3.63) is 12.2 Å². The quantitative estimate of drug-likeness (QED) is 0.0557. The van der Waals surface area contributed by atoms with Crippen LogP contribution < -0.4 is 0 Å². The number of rotatable bonds is 27. The number of ether oxygens (including phenoxy) is 4. The van der Waals surface area contributed by atoms with Crippen molar-refractivity contribution in [2.45, 2.75) is 166 Å². The van der Waals surface area contributed by atoms with Crippen molar-refractivity contribution in [1.82, 2.24) is 0 Å². The Morgan fingerprint density at radius 1 is 0.738 bits per heavy atom. The lowest BCUT2D eigenvalue weighted by Crippen LogP contribution is -2.59. The largest absolute Gasteiger partial charge is 0.457 e. The van der Waals surface area contributed by atoms with Gasteiger partial charge < -0.3 is 39.4 Å². The molecule has 42 heavy (non-hydrogen) atoms. The highest BCUT2D eigenvalue weighted by Crippen LogP contribution is 2.22. The van der Waals surface area contributed by atoms with Crippen LogP contribution in [0.15, 0.2) is 12.2 Å². The first-order valence-electron chi connectivity index (χ1n) is 16.8. The van der Waals surface area contributed by atoms with Crippen LogP contribution in [-0.2, 0) is 23.7 Å². The van der Waals surface area contributed by atoms with Crippen LogP contribution in [0.4, 0.5) is 0 Å². The summed E-state index contributed by atoms with van der Waals surface area (Å²) in [7, 11) is 0. The third-order valence-electron chi connectivity index (χ3n) is 7.66. The molecule has 0 aliphatic carbocycles. The molecule has 4 N–H and O–H groups in total. The number of aliphatic hydroxyl groups excluding tert-OH is 4. The lowest BCUT2D eigenvalue weighted by molar-refractivity contribution is -0.305. The molecule has 6 unspecified atom stereocenters. The van der Waals surface area contributed by atoms with E-state index in [9.17, 15) is 25.2 Å². The number of esters is 1. The van der Waals surface area contributed by atoms with Gasteiger partial charge in [0.2, 0.25) is 0 Å². The fourth-order valence-electron chi connectivity index (χ4n) is 4.96. The number of unbranched alkanes of at least 4 members (excludes halogenated alkanes) is 14. The normalized spacial score (nSPS) is 23.4. The number of allylic oxidation sites excluding steroid dienone is 2. The molecule has 0 aromatic carbocycles. The highest BCUT2D eigenvalue weighted by atomic mass is 16.7. The van der Waals surface area contributed by atoms with Gasteiger partial charge in [-0.25, -0.2) is 0 Å². The zero-order valence-corrected chi connectivity index (χ0v) is 26.5. The second kappa shape index (κ2) is 26.3. The number of aliphatic hydroxyl groups is 4. The van der Waals surface area contributed by atoms with Crippen LogP contribution in [0.2, 0.25) is 0 Å². The van der Waals surface area contributed by atoms with Crippen molar-refractivity contribution in [2.24, 2.45) is 0 Å². The average molecular weight is 603 g/mol. The van der Waals surface area contributed by atoms with E-state index in [1.807, 2.05) is 0 Å². The SMILES string of the molecule is CCC/C=C\CCCCCCCCOCC(COC1OC(CO)C(O)C(O)C1O)OC(=O)CCCCCCCCCC. The molecule has 1 rings (SSSR count). The Morgan fingerprint density at radius 3 is 2.02 bits per heavy atom. The van der Waals surface area contributed by atoms with E-state index in [1.54, 1.807) is 0 Å². The third-order valence-corrected chi connectivity index (χ3v) is 7.66. The zero-order chi connectivity index (χ0) is 30.8. The molecule has 6 atom stereocenters. The molecule has 248 valence electrons. The molecule has 9 heteroatoms. The summed E-state index contributed by atoms with van der Waals surface area (Å²) in [4.78, 5) is 12.5. The van der Waals surface area contributed by atoms with E-state index in [-0.39, 0.29) is 19.2 Å². The van der Waals surface area contributed by atoms with E-state index < -0.39 is 43.4 Å². The average Bonchev–Trinajstić information content (AvgIpc) is 2.99. The standard InChI is InChI=1S/C33H62O9/c1-3-5-7-9-11-13-14-15-17-19-21-23-39-25-27(41-29(35)22-20-18-16-12-10-8-6-4-2)26-40-33-32(38)31(37)30(36)28(24-34)42-33/h7,9,27-28,30-34,36-38H,3-6,8,10-26H2,1-2H3/b9-7-. The molecular weight excluding hydrogens is 540 g/mol. The second-order valence-electron chi connectivity index (χ2n) is 11.6. The summed E-state index contributed by atoms with van der Waals surface area (Å²) < 4.78 is 22.5. The zero-order valence-electron chi connectivity index (χ0n) is 26.5. The maximum Gasteiger partial charge on any atom is 0.306 e. The molecule has 0 amide bonds. The Hall–Kier alpha value is -1.07. The van der Waals surface area contributed by atoms with Crippen molar-refractivity contribution in [3.8, 4) is 0 Å². The summed E-state index contributed by atoms with van der Waals surface area (Å²) in [5.74, 6) is -0.323. The van der Waals surface area contributed by atoms with Crippen molar-refractivity contribution in [1.29, 1.82) is 0 Å². The fraction of sp³-hybridized carbons (Fsp3) is 0.909. The Balaban J connectivity index is 2.39. The molecule has 1 saturated heterocycles. The number of hydrogen-bond acceptors (Lipinski definition) is 9. The molecule has 0 radical (unpaired) electrons. The molecule has 0 spiro atoms. The predicted molar refractivity (Wildman–Crippen MR) is 164 cm³/mol. The van der Waals surface area contributed by atoms with Gasteiger partial charge >= 0.3 is 5.97 Å². The van der Waals surface area contributed by atoms with Crippen LogP contribution in [0.1, 0.15) is 129 Å². The summed E-state index contributed by atoms with van der Waals surface area (Å²) in [5.41, 5.74) is 0. The van der Waals surface area contributed by atoms with Gasteiger partial charge in [-0.3, -0.25) is 4.79 Å². The van der Waals surface area contributed by atoms with Gasteiger partial charge in [0.1, 0.15) is 30.5 Å². The topological polar surface area (TPSA) is 135 Å². The van der Waals surface area contributed by atoms with Crippen molar-refractivity contribution in [2.75, 3.05) is 26.4 Å². The van der Waals surface area contributed by atoms with E-state index in [0.717, 1.165) is 38.5 Å². The van der Waals surface area contributed by atoms with Gasteiger partial charge in [0.05, 0.1) is 19.8 Å². The lowest BCUT2D eigenvalue weighted by atomic mass is 9.99. The first-order chi connectivity index (χ1) is 20.4. The Bertz CT molecular complexity index is 657. The lowest BCUT2D eigenvalue weighted by Gasteiger charge is -2.39. The highest BCUT2D eigenvalue weighted by molar-refractivity contribution is 5.69. The second-order valence-corrected chi connectivity index (χ2v) is 11.6. The summed E-state index contributed by atoms with van der Waals surface area (Å²) >= 11 is 0. The minimum Gasteiger partial charge on any atom is -0.457 e. The van der Waals surface area contributed by atoms with Crippen LogP contribution in [0, 0.1) is 0 Å². The first-order valence-corrected chi connectivity index (χ1v) is 16.8. The van der Waals surface area contributed by atoms with Crippen LogP contribution >= 0.6 is 0 Å². The van der Waals surface area contributed by atoms with Gasteiger partial charge in [-0.1, -0.05) is 103 Å². The molecule has 1 fully saturated rings. The number of carbonyl (C=O) groups is 1. The third kappa shape index (κ3) is 18.6. The highest BCUT2D eigenvalue weighted by Gasteiger charge is 2.44. The molecular formula is C33H62O9. The van der Waals surface area contributed by atoms with E-state index in [1.165, 1.54) is 70.6 Å². The molecule has 0 aromatic rings. The van der Waals surface area contributed by atoms with Gasteiger partial charge in [0, 0.05) is 13.0 Å². The predicted octanol–water partition coefficient (Wildman–Crippen LogP) is 5.35. The molecule has 0 bridgehead atoms. The van der Waals surface area contributed by atoms with E-state index in [2.05, 4.69) is 26.0 Å². The Labute approximate surface area is 255 Å². The molecule has 1 aliphatic heterocycles.